The molecule has 1 fully saturated rings. The van der Waals surface area contributed by atoms with Gasteiger partial charge in [-0.15, -0.1) is 0 Å². The lowest BCUT2D eigenvalue weighted by Gasteiger charge is -2.09. The van der Waals surface area contributed by atoms with Crippen molar-refractivity contribution in [2.45, 2.75) is 32.6 Å². The lowest BCUT2D eigenvalue weighted by molar-refractivity contribution is 0.102. The van der Waals surface area contributed by atoms with Gasteiger partial charge in [0.15, 0.2) is 5.78 Å². The Morgan fingerprint density at radius 2 is 1.94 bits per heavy atom. The van der Waals surface area contributed by atoms with Gasteiger partial charge in [0.1, 0.15) is 0 Å². The molecule has 2 nitrogen and oxygen atoms in total. The van der Waals surface area contributed by atoms with Gasteiger partial charge >= 0.3 is 0 Å². The second kappa shape index (κ2) is 6.28. The topological polar surface area (TPSA) is 34.1 Å². The van der Waals surface area contributed by atoms with Gasteiger partial charge in [-0.25, -0.2) is 0 Å². The largest absolute Gasteiger partial charge is 0.293 e. The Bertz CT molecular complexity index is 448. The van der Waals surface area contributed by atoms with Crippen molar-refractivity contribution in [2.75, 3.05) is 11.5 Å². The fraction of sp³-hybridized carbons (Fsp3) is 0.533. The van der Waals surface area contributed by atoms with Crippen LogP contribution in [0.3, 0.4) is 0 Å². The molecule has 98 valence electrons. The number of benzene rings is 1. The van der Waals surface area contributed by atoms with Crippen LogP contribution in [0, 0.1) is 12.8 Å². The van der Waals surface area contributed by atoms with E-state index in [9.17, 15) is 9.00 Å². The molecular weight excluding hydrogens is 244 g/mol. The standard InChI is InChI=1S/C15H20O2S/c1-12-6-2-5-9-14(12)15(16)11-18(17)10-13-7-3-4-8-13/h2,5-6,9,13H,3-4,7-8,10-11H2,1H3. The Balaban J connectivity index is 1.91. The molecule has 0 N–H and O–H groups in total. The first kappa shape index (κ1) is 13.5. The van der Waals surface area contributed by atoms with E-state index < -0.39 is 10.8 Å². The predicted octanol–water partition coefficient (Wildman–Crippen LogP) is 3.12. The van der Waals surface area contributed by atoms with Crippen molar-refractivity contribution in [3.05, 3.63) is 35.4 Å². The van der Waals surface area contributed by atoms with Crippen LogP contribution in [-0.4, -0.2) is 21.5 Å². The van der Waals surface area contributed by atoms with E-state index in [-0.39, 0.29) is 11.5 Å². The number of Topliss-reactive ketones (excluding diaryl/α,β-unsaturated/α-hetero) is 1. The number of ketones is 1. The van der Waals surface area contributed by atoms with Crippen molar-refractivity contribution in [1.29, 1.82) is 0 Å². The summed E-state index contributed by atoms with van der Waals surface area (Å²) in [5.74, 6) is 1.49. The summed E-state index contributed by atoms with van der Waals surface area (Å²) in [6.45, 7) is 1.92. The molecular formula is C15H20O2S. The highest BCUT2D eigenvalue weighted by Crippen LogP contribution is 2.25. The molecule has 1 aliphatic rings. The van der Waals surface area contributed by atoms with E-state index >= 15 is 0 Å². The van der Waals surface area contributed by atoms with Gasteiger partial charge in [-0.2, -0.15) is 0 Å². The van der Waals surface area contributed by atoms with E-state index in [0.29, 0.717) is 11.7 Å². The molecule has 0 spiro atoms. The normalized spacial score (nSPS) is 17.8. The molecule has 0 aromatic heterocycles. The number of rotatable bonds is 5. The molecule has 0 aliphatic heterocycles. The first-order valence-electron chi connectivity index (χ1n) is 6.60. The summed E-state index contributed by atoms with van der Waals surface area (Å²) in [7, 11) is -0.998. The van der Waals surface area contributed by atoms with Gasteiger partial charge in [0.25, 0.3) is 0 Å². The number of carbonyl (C=O) groups is 1. The van der Waals surface area contributed by atoms with Crippen LogP contribution in [0.1, 0.15) is 41.6 Å². The molecule has 1 saturated carbocycles. The van der Waals surface area contributed by atoms with Gasteiger partial charge in [-0.1, -0.05) is 37.1 Å². The molecule has 1 aromatic carbocycles. The number of hydrogen-bond acceptors (Lipinski definition) is 2. The SMILES string of the molecule is Cc1ccccc1C(=O)CS(=O)CC1CCCC1. The van der Waals surface area contributed by atoms with Crippen LogP contribution in [0.25, 0.3) is 0 Å². The minimum atomic E-state index is -0.998. The van der Waals surface area contributed by atoms with Crippen molar-refractivity contribution < 1.29 is 9.00 Å². The van der Waals surface area contributed by atoms with Gasteiger partial charge in [-0.05, 0) is 31.2 Å². The molecule has 1 aliphatic carbocycles. The van der Waals surface area contributed by atoms with Crippen LogP contribution in [0.2, 0.25) is 0 Å². The van der Waals surface area contributed by atoms with Crippen LogP contribution in [0.5, 0.6) is 0 Å². The van der Waals surface area contributed by atoms with Crippen molar-refractivity contribution in [3.8, 4) is 0 Å². The van der Waals surface area contributed by atoms with E-state index in [4.69, 9.17) is 0 Å². The molecule has 18 heavy (non-hydrogen) atoms. The first-order chi connectivity index (χ1) is 8.66. The van der Waals surface area contributed by atoms with E-state index in [1.54, 1.807) is 0 Å². The second-order valence-electron chi connectivity index (χ2n) is 5.14. The fourth-order valence-electron chi connectivity index (χ4n) is 2.61. The van der Waals surface area contributed by atoms with Crippen LogP contribution in [0.4, 0.5) is 0 Å². The molecule has 0 heterocycles. The molecule has 0 radical (unpaired) electrons. The Morgan fingerprint density at radius 1 is 1.28 bits per heavy atom. The third kappa shape index (κ3) is 3.52. The summed E-state index contributed by atoms with van der Waals surface area (Å²) in [4.78, 5) is 12.1. The highest BCUT2D eigenvalue weighted by Gasteiger charge is 2.20. The minimum Gasteiger partial charge on any atom is -0.293 e. The summed E-state index contributed by atoms with van der Waals surface area (Å²) < 4.78 is 12.0. The van der Waals surface area contributed by atoms with E-state index in [1.807, 2.05) is 31.2 Å². The highest BCUT2D eigenvalue weighted by atomic mass is 32.2. The van der Waals surface area contributed by atoms with Gasteiger partial charge in [-0.3, -0.25) is 9.00 Å². The third-order valence-electron chi connectivity index (χ3n) is 3.63. The summed E-state index contributed by atoms with van der Waals surface area (Å²) in [6.07, 6.45) is 4.88. The van der Waals surface area contributed by atoms with Gasteiger partial charge < -0.3 is 0 Å². The Kier molecular flexibility index (Phi) is 4.70. The van der Waals surface area contributed by atoms with Crippen molar-refractivity contribution in [2.24, 2.45) is 5.92 Å². The van der Waals surface area contributed by atoms with Crippen molar-refractivity contribution >= 4 is 16.6 Å². The Labute approximate surface area is 111 Å². The lowest BCUT2D eigenvalue weighted by atomic mass is 10.1. The average Bonchev–Trinajstić information content (AvgIpc) is 2.82. The molecule has 0 saturated heterocycles. The smallest absolute Gasteiger partial charge is 0.175 e. The molecule has 0 amide bonds. The zero-order valence-corrected chi connectivity index (χ0v) is 11.7. The van der Waals surface area contributed by atoms with Crippen LogP contribution in [-0.2, 0) is 10.8 Å². The number of hydrogen-bond donors (Lipinski definition) is 0. The van der Waals surface area contributed by atoms with Crippen molar-refractivity contribution in [1.82, 2.24) is 0 Å². The highest BCUT2D eigenvalue weighted by molar-refractivity contribution is 7.85. The van der Waals surface area contributed by atoms with E-state index in [2.05, 4.69) is 0 Å². The maximum atomic E-state index is 12.1. The van der Waals surface area contributed by atoms with E-state index in [1.165, 1.54) is 25.7 Å². The molecule has 1 unspecified atom stereocenters. The number of carbonyl (C=O) groups excluding carboxylic acids is 1. The van der Waals surface area contributed by atoms with Crippen LogP contribution in [0.15, 0.2) is 24.3 Å². The van der Waals surface area contributed by atoms with Gasteiger partial charge in [0.2, 0.25) is 0 Å². The van der Waals surface area contributed by atoms with E-state index in [0.717, 1.165) is 11.1 Å². The zero-order valence-electron chi connectivity index (χ0n) is 10.9. The monoisotopic (exact) mass is 264 g/mol. The zero-order chi connectivity index (χ0) is 13.0. The Hall–Kier alpha value is -0.960. The predicted molar refractivity (Wildman–Crippen MR) is 75.3 cm³/mol. The summed E-state index contributed by atoms with van der Waals surface area (Å²) in [5.41, 5.74) is 1.69. The lowest BCUT2D eigenvalue weighted by Crippen LogP contribution is -2.17. The summed E-state index contributed by atoms with van der Waals surface area (Å²) in [5, 5.41) is 0. The quantitative estimate of drug-likeness (QED) is 0.766. The maximum absolute atomic E-state index is 12.1. The molecule has 3 heteroatoms. The van der Waals surface area contributed by atoms with Crippen LogP contribution >= 0.6 is 0 Å². The number of aryl methyl sites for hydroxylation is 1. The minimum absolute atomic E-state index is 0.0180. The fourth-order valence-corrected chi connectivity index (χ4v) is 4.03. The summed E-state index contributed by atoms with van der Waals surface area (Å²) >= 11 is 0. The summed E-state index contributed by atoms with van der Waals surface area (Å²) in [6, 6.07) is 7.53. The molecule has 1 atom stereocenters. The van der Waals surface area contributed by atoms with Gasteiger partial charge in [0, 0.05) is 22.1 Å². The second-order valence-corrected chi connectivity index (χ2v) is 6.64. The van der Waals surface area contributed by atoms with Gasteiger partial charge in [0.05, 0.1) is 5.75 Å². The molecule has 2 rings (SSSR count). The third-order valence-corrected chi connectivity index (χ3v) is 5.06. The molecule has 0 bridgehead atoms. The molecule has 1 aromatic rings. The van der Waals surface area contributed by atoms with Crippen LogP contribution < -0.4 is 0 Å². The maximum Gasteiger partial charge on any atom is 0.175 e. The Morgan fingerprint density at radius 3 is 2.61 bits per heavy atom. The average molecular weight is 264 g/mol. The van der Waals surface area contributed by atoms with Crippen molar-refractivity contribution in [3.63, 3.8) is 0 Å². The first-order valence-corrected chi connectivity index (χ1v) is 8.09.